The highest BCUT2D eigenvalue weighted by molar-refractivity contribution is 6.00. The molecule has 3 amide bonds. The van der Waals surface area contributed by atoms with Crippen molar-refractivity contribution < 1.29 is 33.8 Å². The smallest absolute Gasteiger partial charge is 0.335 e. The van der Waals surface area contributed by atoms with Gasteiger partial charge in [-0.25, -0.2) is 4.79 Å². The van der Waals surface area contributed by atoms with Crippen LogP contribution in [0.5, 0.6) is 5.75 Å². The Morgan fingerprint density at radius 1 is 1.05 bits per heavy atom. The number of nitrogens with zero attached hydrogens (tertiary/aromatic N) is 2. The Bertz CT molecular complexity index is 1280. The summed E-state index contributed by atoms with van der Waals surface area (Å²) < 4.78 is 12.4. The van der Waals surface area contributed by atoms with E-state index < -0.39 is 18.1 Å². The SMILES string of the molecule is CC(=O)N[C@@H]1CC[C@H]2CCOc3ccccc3C(=O)N3CCN(Cc4ccc(C(=O)O)cc4)C[C@H]3C(=O)NC[C@H]1O2. The Labute approximate surface area is 238 Å². The number of carboxylic acid groups (broad SMARTS) is 1. The lowest BCUT2D eigenvalue weighted by Crippen LogP contribution is -2.61. The van der Waals surface area contributed by atoms with Crippen molar-refractivity contribution in [2.75, 3.05) is 32.8 Å². The van der Waals surface area contributed by atoms with E-state index in [0.717, 1.165) is 18.4 Å². The van der Waals surface area contributed by atoms with E-state index in [2.05, 4.69) is 15.5 Å². The third-order valence-corrected chi connectivity index (χ3v) is 7.93. The van der Waals surface area contributed by atoms with Crippen LogP contribution in [0.2, 0.25) is 0 Å². The molecule has 0 aliphatic carbocycles. The molecule has 218 valence electrons. The monoisotopic (exact) mass is 564 g/mol. The number of hydrogen-bond donors (Lipinski definition) is 3. The van der Waals surface area contributed by atoms with Crippen molar-refractivity contribution in [1.29, 1.82) is 0 Å². The van der Waals surface area contributed by atoms with E-state index in [1.54, 1.807) is 47.4 Å². The van der Waals surface area contributed by atoms with Crippen molar-refractivity contribution in [3.63, 3.8) is 0 Å². The molecule has 0 saturated carbocycles. The van der Waals surface area contributed by atoms with Gasteiger partial charge in [-0.2, -0.15) is 0 Å². The third kappa shape index (κ3) is 6.86. The van der Waals surface area contributed by atoms with Crippen molar-refractivity contribution in [1.82, 2.24) is 20.4 Å². The Kier molecular flexibility index (Phi) is 8.84. The molecule has 4 atom stereocenters. The summed E-state index contributed by atoms with van der Waals surface area (Å²) >= 11 is 0. The third-order valence-electron chi connectivity index (χ3n) is 7.93. The first-order valence-electron chi connectivity index (χ1n) is 14.1. The van der Waals surface area contributed by atoms with Crippen LogP contribution in [-0.4, -0.2) is 95.7 Å². The Morgan fingerprint density at radius 2 is 1.83 bits per heavy atom. The van der Waals surface area contributed by atoms with Crippen LogP contribution in [0, 0.1) is 0 Å². The van der Waals surface area contributed by atoms with Crippen molar-refractivity contribution in [2.24, 2.45) is 0 Å². The first-order chi connectivity index (χ1) is 19.8. The lowest BCUT2D eigenvalue weighted by molar-refractivity contribution is -0.131. The number of hydrogen-bond acceptors (Lipinski definition) is 7. The van der Waals surface area contributed by atoms with E-state index >= 15 is 0 Å². The molecule has 2 aromatic rings. The Hall–Kier alpha value is -3.96. The fraction of sp³-hybridized carbons (Fsp3) is 0.467. The second-order valence-electron chi connectivity index (χ2n) is 10.8. The Balaban J connectivity index is 1.39. The molecule has 3 heterocycles. The van der Waals surface area contributed by atoms with Gasteiger partial charge >= 0.3 is 5.97 Å². The molecule has 5 rings (SSSR count). The lowest BCUT2D eigenvalue weighted by Gasteiger charge is -2.42. The van der Waals surface area contributed by atoms with Gasteiger partial charge in [0, 0.05) is 46.1 Å². The van der Waals surface area contributed by atoms with Gasteiger partial charge in [-0.3, -0.25) is 19.3 Å². The number of ether oxygens (including phenoxy) is 2. The maximum absolute atomic E-state index is 13.8. The average Bonchev–Trinajstić information content (AvgIpc) is 2.96. The van der Waals surface area contributed by atoms with Gasteiger partial charge in [0.25, 0.3) is 5.91 Å². The minimum Gasteiger partial charge on any atom is -0.493 e. The van der Waals surface area contributed by atoms with Gasteiger partial charge < -0.3 is 30.1 Å². The predicted octanol–water partition coefficient (Wildman–Crippen LogP) is 1.66. The molecule has 2 saturated heterocycles. The van der Waals surface area contributed by atoms with Crippen LogP contribution in [0.25, 0.3) is 0 Å². The predicted molar refractivity (Wildman–Crippen MR) is 149 cm³/mol. The first kappa shape index (κ1) is 28.6. The van der Waals surface area contributed by atoms with Crippen molar-refractivity contribution in [3.8, 4) is 5.75 Å². The highest BCUT2D eigenvalue weighted by atomic mass is 16.5. The van der Waals surface area contributed by atoms with Gasteiger partial charge in [-0.05, 0) is 42.7 Å². The zero-order chi connectivity index (χ0) is 28.9. The minimum atomic E-state index is -0.988. The molecule has 0 radical (unpaired) electrons. The molecule has 0 aromatic heterocycles. The van der Waals surface area contributed by atoms with Crippen LogP contribution in [0.4, 0.5) is 0 Å². The fourth-order valence-electron chi connectivity index (χ4n) is 5.80. The number of rotatable bonds is 4. The molecule has 3 N–H and O–H groups in total. The molecule has 3 aliphatic rings. The van der Waals surface area contributed by atoms with Gasteiger partial charge in [0.2, 0.25) is 11.8 Å². The summed E-state index contributed by atoms with van der Waals surface area (Å²) in [5.74, 6) is -1.24. The summed E-state index contributed by atoms with van der Waals surface area (Å²) in [7, 11) is 0. The molecular weight excluding hydrogens is 528 g/mol. The molecule has 3 aliphatic heterocycles. The maximum atomic E-state index is 13.8. The summed E-state index contributed by atoms with van der Waals surface area (Å²) in [6, 6.07) is 12.7. The standard InChI is InChI=1S/C30H36N4O7/c1-19(35)32-24-11-10-22-12-15-40-26-5-3-2-4-23(26)29(37)34-14-13-33(17-20-6-8-21(9-7-20)30(38)39)18-25(34)28(36)31-16-27(24)41-22/h2-9,22,24-25,27H,10-18H2,1H3,(H,31,36)(H,32,35)(H,38,39)/t22-,24+,25-,27+/m0/s1. The number of amides is 3. The number of carboxylic acids is 1. The second-order valence-corrected chi connectivity index (χ2v) is 10.8. The summed E-state index contributed by atoms with van der Waals surface area (Å²) in [5.41, 5.74) is 1.53. The molecule has 0 unspecified atom stereocenters. The first-order valence-corrected chi connectivity index (χ1v) is 14.1. The van der Waals surface area contributed by atoms with Gasteiger partial charge in [0.05, 0.1) is 36.0 Å². The minimum absolute atomic E-state index is 0.0955. The fourth-order valence-corrected chi connectivity index (χ4v) is 5.80. The van der Waals surface area contributed by atoms with Crippen LogP contribution >= 0.6 is 0 Å². The maximum Gasteiger partial charge on any atom is 0.335 e. The van der Waals surface area contributed by atoms with E-state index in [4.69, 9.17) is 9.47 Å². The number of aromatic carboxylic acids is 1. The zero-order valence-electron chi connectivity index (χ0n) is 23.1. The molecule has 11 heteroatoms. The number of fused-ring (bicyclic) bond motifs is 4. The normalized spacial score (nSPS) is 25.5. The zero-order valence-corrected chi connectivity index (χ0v) is 23.1. The molecule has 2 bridgehead atoms. The van der Waals surface area contributed by atoms with Gasteiger partial charge in [0.1, 0.15) is 11.8 Å². The number of benzene rings is 2. The summed E-state index contributed by atoms with van der Waals surface area (Å²) in [6.45, 7) is 3.71. The number of para-hydroxylation sites is 1. The number of carbonyl (C=O) groups is 4. The lowest BCUT2D eigenvalue weighted by atomic mass is 9.96. The highest BCUT2D eigenvalue weighted by Crippen LogP contribution is 2.26. The van der Waals surface area contributed by atoms with Crippen LogP contribution in [0.1, 0.15) is 52.5 Å². The largest absolute Gasteiger partial charge is 0.493 e. The van der Waals surface area contributed by atoms with Crippen molar-refractivity contribution in [3.05, 3.63) is 65.2 Å². The van der Waals surface area contributed by atoms with E-state index in [9.17, 15) is 24.3 Å². The van der Waals surface area contributed by atoms with Crippen LogP contribution in [0.15, 0.2) is 48.5 Å². The topological polar surface area (TPSA) is 138 Å². The molecular formula is C30H36N4O7. The summed E-state index contributed by atoms with van der Waals surface area (Å²) in [4.78, 5) is 54.3. The molecule has 2 fully saturated rings. The van der Waals surface area contributed by atoms with Gasteiger partial charge in [-0.1, -0.05) is 24.3 Å². The Morgan fingerprint density at radius 3 is 2.59 bits per heavy atom. The van der Waals surface area contributed by atoms with Crippen LogP contribution in [-0.2, 0) is 20.9 Å². The van der Waals surface area contributed by atoms with E-state index in [0.29, 0.717) is 50.5 Å². The molecule has 0 spiro atoms. The van der Waals surface area contributed by atoms with Crippen molar-refractivity contribution >= 4 is 23.7 Å². The second kappa shape index (κ2) is 12.7. The average molecular weight is 565 g/mol. The van der Waals surface area contributed by atoms with E-state index in [-0.39, 0.29) is 42.0 Å². The summed E-state index contributed by atoms with van der Waals surface area (Å²) in [5, 5.41) is 15.2. The van der Waals surface area contributed by atoms with Crippen LogP contribution < -0.4 is 15.4 Å². The van der Waals surface area contributed by atoms with Gasteiger partial charge in [0.15, 0.2) is 0 Å². The number of carbonyl (C=O) groups excluding carboxylic acids is 3. The quantitative estimate of drug-likeness (QED) is 0.510. The van der Waals surface area contributed by atoms with E-state index in [1.165, 1.54) is 6.92 Å². The molecule has 2 aromatic carbocycles. The molecule has 41 heavy (non-hydrogen) atoms. The van der Waals surface area contributed by atoms with Crippen LogP contribution in [0.3, 0.4) is 0 Å². The number of nitrogens with one attached hydrogen (secondary N) is 2. The van der Waals surface area contributed by atoms with E-state index in [1.807, 2.05) is 6.07 Å². The molecule has 11 nitrogen and oxygen atoms in total. The highest BCUT2D eigenvalue weighted by Gasteiger charge is 2.38. The van der Waals surface area contributed by atoms with Crippen molar-refractivity contribution in [2.45, 2.75) is 57.0 Å². The van der Waals surface area contributed by atoms with Gasteiger partial charge in [-0.15, -0.1) is 0 Å². The summed E-state index contributed by atoms with van der Waals surface area (Å²) in [6.07, 6.45) is 1.59. The number of piperazine rings is 1.